The van der Waals surface area contributed by atoms with E-state index in [0.29, 0.717) is 18.7 Å². The summed E-state index contributed by atoms with van der Waals surface area (Å²) in [6.45, 7) is 8.03. The number of rotatable bonds is 5. The monoisotopic (exact) mass is 445 g/mol. The summed E-state index contributed by atoms with van der Waals surface area (Å²) in [4.78, 5) is 44.7. The van der Waals surface area contributed by atoms with E-state index in [4.69, 9.17) is 0 Å². The van der Waals surface area contributed by atoms with Crippen LogP contribution in [0.1, 0.15) is 62.0 Å². The highest BCUT2D eigenvalue weighted by Gasteiger charge is 2.23. The highest BCUT2D eigenvalue weighted by atomic mass is 35.5. The van der Waals surface area contributed by atoms with Crippen molar-refractivity contribution >= 4 is 41.8 Å². The van der Waals surface area contributed by atoms with Gasteiger partial charge in [0.2, 0.25) is 0 Å². The third kappa shape index (κ3) is 5.38. The molecule has 10 heteroatoms. The highest BCUT2D eigenvalue weighted by Crippen LogP contribution is 2.20. The van der Waals surface area contributed by atoms with Crippen LogP contribution in [0.25, 0.3) is 11.0 Å². The fourth-order valence-electron chi connectivity index (χ4n) is 3.43. The minimum absolute atomic E-state index is 0. The predicted octanol–water partition coefficient (Wildman–Crippen LogP) is 1.94. The number of H-pyrrole nitrogens is 1. The molecule has 0 aliphatic carbocycles. The van der Waals surface area contributed by atoms with E-state index in [1.807, 2.05) is 20.8 Å². The van der Waals surface area contributed by atoms with Gasteiger partial charge >= 0.3 is 5.69 Å². The molecule has 29 heavy (non-hydrogen) atoms. The van der Waals surface area contributed by atoms with Crippen LogP contribution in [0.4, 0.5) is 0 Å². The van der Waals surface area contributed by atoms with Crippen molar-refractivity contribution in [3.05, 3.63) is 38.2 Å². The molecule has 1 amide bonds. The molecule has 0 saturated carbocycles. The van der Waals surface area contributed by atoms with Crippen molar-refractivity contribution in [3.63, 3.8) is 0 Å². The van der Waals surface area contributed by atoms with Gasteiger partial charge in [0.15, 0.2) is 5.65 Å². The normalized spacial score (nSPS) is 14.3. The van der Waals surface area contributed by atoms with Crippen molar-refractivity contribution < 1.29 is 4.79 Å². The molecule has 2 aromatic rings. The van der Waals surface area contributed by atoms with Crippen molar-refractivity contribution in [1.29, 1.82) is 0 Å². The SMILES string of the molecule is CCCn1c(=O)[nH]c(=O)c2c(C(=O)NC3CCNCC3)cc(C(C)C)nc21.Cl.Cl. The highest BCUT2D eigenvalue weighted by molar-refractivity contribution is 6.05. The van der Waals surface area contributed by atoms with E-state index < -0.39 is 11.2 Å². The van der Waals surface area contributed by atoms with Gasteiger partial charge in [-0.05, 0) is 44.3 Å². The van der Waals surface area contributed by atoms with Crippen LogP contribution in [0.3, 0.4) is 0 Å². The molecule has 1 aliphatic rings. The molecular formula is C19H29Cl2N5O3. The summed E-state index contributed by atoms with van der Waals surface area (Å²) in [5.74, 6) is -0.229. The maximum absolute atomic E-state index is 13.0. The molecule has 1 fully saturated rings. The molecule has 162 valence electrons. The number of halogens is 2. The summed E-state index contributed by atoms with van der Waals surface area (Å²) in [5, 5.41) is 6.48. The second-order valence-electron chi connectivity index (χ2n) is 7.36. The van der Waals surface area contributed by atoms with E-state index >= 15 is 0 Å². The van der Waals surface area contributed by atoms with Gasteiger partial charge in [-0.25, -0.2) is 9.78 Å². The Labute approximate surface area is 181 Å². The van der Waals surface area contributed by atoms with Gasteiger partial charge in [0.05, 0.1) is 10.9 Å². The van der Waals surface area contributed by atoms with E-state index in [0.717, 1.165) is 25.9 Å². The molecule has 1 aliphatic heterocycles. The average Bonchev–Trinajstić information content (AvgIpc) is 2.64. The molecule has 1 saturated heterocycles. The fourth-order valence-corrected chi connectivity index (χ4v) is 3.43. The molecule has 0 aromatic carbocycles. The van der Waals surface area contributed by atoms with Crippen LogP contribution in [0.5, 0.6) is 0 Å². The number of aromatic nitrogens is 3. The molecule has 3 N–H and O–H groups in total. The van der Waals surface area contributed by atoms with E-state index in [1.165, 1.54) is 4.57 Å². The Morgan fingerprint density at radius 2 is 1.93 bits per heavy atom. The average molecular weight is 446 g/mol. The summed E-state index contributed by atoms with van der Waals surface area (Å²) in [5.41, 5.74) is 0.196. The van der Waals surface area contributed by atoms with E-state index in [-0.39, 0.29) is 59.3 Å². The minimum Gasteiger partial charge on any atom is -0.349 e. The van der Waals surface area contributed by atoms with Gasteiger partial charge in [-0.2, -0.15) is 0 Å². The molecule has 8 nitrogen and oxygen atoms in total. The number of hydrogen-bond donors (Lipinski definition) is 3. The Bertz CT molecular complexity index is 965. The maximum Gasteiger partial charge on any atom is 0.329 e. The van der Waals surface area contributed by atoms with Crippen LogP contribution < -0.4 is 21.9 Å². The summed E-state index contributed by atoms with van der Waals surface area (Å²) in [6, 6.07) is 1.75. The fraction of sp³-hybridized carbons (Fsp3) is 0.579. The lowest BCUT2D eigenvalue weighted by Gasteiger charge is -2.24. The first-order chi connectivity index (χ1) is 12.9. The lowest BCUT2D eigenvalue weighted by Crippen LogP contribution is -2.43. The number of aryl methyl sites for hydroxylation is 1. The number of nitrogens with one attached hydrogen (secondary N) is 3. The Kier molecular flexibility index (Phi) is 9.32. The zero-order chi connectivity index (χ0) is 19.6. The van der Waals surface area contributed by atoms with Crippen LogP contribution in [-0.4, -0.2) is 39.6 Å². The number of carbonyl (C=O) groups is 1. The summed E-state index contributed by atoms with van der Waals surface area (Å²) in [7, 11) is 0. The molecule has 3 rings (SSSR count). The quantitative estimate of drug-likeness (QED) is 0.651. The molecule has 0 atom stereocenters. The molecule has 0 spiro atoms. The summed E-state index contributed by atoms with van der Waals surface area (Å²) in [6.07, 6.45) is 2.41. The number of carbonyl (C=O) groups excluding carboxylic acids is 1. The first-order valence-corrected chi connectivity index (χ1v) is 9.61. The number of pyridine rings is 1. The van der Waals surface area contributed by atoms with Gasteiger partial charge in [0.1, 0.15) is 0 Å². The molecule has 3 heterocycles. The number of nitrogens with zero attached hydrogens (tertiary/aromatic N) is 2. The molecular weight excluding hydrogens is 417 g/mol. The number of piperidine rings is 1. The third-order valence-corrected chi connectivity index (χ3v) is 4.93. The number of amides is 1. The maximum atomic E-state index is 13.0. The predicted molar refractivity (Wildman–Crippen MR) is 119 cm³/mol. The molecule has 0 unspecified atom stereocenters. The number of fused-ring (bicyclic) bond motifs is 1. The molecule has 0 radical (unpaired) electrons. The number of hydrogen-bond acceptors (Lipinski definition) is 5. The van der Waals surface area contributed by atoms with Crippen molar-refractivity contribution in [2.24, 2.45) is 0 Å². The van der Waals surface area contributed by atoms with Gasteiger partial charge < -0.3 is 10.6 Å². The Morgan fingerprint density at radius 3 is 2.52 bits per heavy atom. The topological polar surface area (TPSA) is 109 Å². The lowest BCUT2D eigenvalue weighted by molar-refractivity contribution is 0.0931. The van der Waals surface area contributed by atoms with E-state index in [9.17, 15) is 14.4 Å². The molecule has 2 aromatic heterocycles. The van der Waals surface area contributed by atoms with Gasteiger partial charge in [-0.3, -0.25) is 19.1 Å². The standard InChI is InChI=1S/C19H27N5O3.2ClH/c1-4-9-24-16-15(18(26)23-19(24)27)13(10-14(22-16)11(2)3)17(25)21-12-5-7-20-8-6-12;;/h10-12,20H,4-9H2,1-3H3,(H,21,25)(H,23,26,27);2*1H. The van der Waals surface area contributed by atoms with Gasteiger partial charge in [-0.15, -0.1) is 24.8 Å². The summed E-state index contributed by atoms with van der Waals surface area (Å²) < 4.78 is 1.45. The van der Waals surface area contributed by atoms with Gasteiger partial charge in [0.25, 0.3) is 11.5 Å². The largest absolute Gasteiger partial charge is 0.349 e. The van der Waals surface area contributed by atoms with Crippen LogP contribution >= 0.6 is 24.8 Å². The Balaban J connectivity index is 0.00000210. The van der Waals surface area contributed by atoms with Gasteiger partial charge in [0, 0.05) is 18.3 Å². The lowest BCUT2D eigenvalue weighted by atomic mass is 10.0. The minimum atomic E-state index is -0.569. The van der Waals surface area contributed by atoms with Crippen molar-refractivity contribution in [3.8, 4) is 0 Å². The second kappa shape index (κ2) is 10.8. The molecule has 0 bridgehead atoms. The van der Waals surface area contributed by atoms with Crippen molar-refractivity contribution in [1.82, 2.24) is 25.2 Å². The van der Waals surface area contributed by atoms with Crippen LogP contribution in [-0.2, 0) is 6.54 Å². The van der Waals surface area contributed by atoms with E-state index in [1.54, 1.807) is 6.07 Å². The van der Waals surface area contributed by atoms with E-state index in [2.05, 4.69) is 20.6 Å². The van der Waals surface area contributed by atoms with Crippen LogP contribution in [0, 0.1) is 0 Å². The van der Waals surface area contributed by atoms with Crippen LogP contribution in [0.2, 0.25) is 0 Å². The van der Waals surface area contributed by atoms with Crippen LogP contribution in [0.15, 0.2) is 15.7 Å². The zero-order valence-electron chi connectivity index (χ0n) is 16.9. The van der Waals surface area contributed by atoms with Crippen molar-refractivity contribution in [2.75, 3.05) is 13.1 Å². The van der Waals surface area contributed by atoms with Gasteiger partial charge in [-0.1, -0.05) is 20.8 Å². The van der Waals surface area contributed by atoms with Crippen molar-refractivity contribution in [2.45, 2.75) is 58.5 Å². The summed E-state index contributed by atoms with van der Waals surface area (Å²) >= 11 is 0. The first-order valence-electron chi connectivity index (χ1n) is 9.61. The first kappa shape index (κ1) is 25.1. The third-order valence-electron chi connectivity index (χ3n) is 4.93. The Hall–Kier alpha value is -1.90. The second-order valence-corrected chi connectivity index (χ2v) is 7.36. The Morgan fingerprint density at radius 1 is 1.28 bits per heavy atom. The number of aromatic amines is 1. The smallest absolute Gasteiger partial charge is 0.329 e. The zero-order valence-corrected chi connectivity index (χ0v) is 18.5.